The molecule has 0 heterocycles. The molecule has 2 aromatic carbocycles. The van der Waals surface area contributed by atoms with Crippen molar-refractivity contribution in [1.29, 1.82) is 0 Å². The molecule has 0 saturated heterocycles. The number of sulfone groups is 1. The number of anilines is 2. The first kappa shape index (κ1) is 22.8. The van der Waals surface area contributed by atoms with E-state index in [1.807, 2.05) is 13.0 Å². The third-order valence-electron chi connectivity index (χ3n) is 5.74. The zero-order valence-corrected chi connectivity index (χ0v) is 19.1. The van der Waals surface area contributed by atoms with Crippen molar-refractivity contribution in [3.05, 3.63) is 47.5 Å². The molecular weight excluding hydrogens is 416 g/mol. The Bertz CT molecular complexity index is 1120. The number of carbonyl (C=O) groups is 2. The van der Waals surface area contributed by atoms with Gasteiger partial charge in [-0.15, -0.1) is 0 Å². The first-order valence-electron chi connectivity index (χ1n) is 10.2. The van der Waals surface area contributed by atoms with Gasteiger partial charge >= 0.3 is 0 Å². The van der Waals surface area contributed by atoms with Crippen LogP contribution in [0.15, 0.2) is 41.3 Å². The fourth-order valence-electron chi connectivity index (χ4n) is 4.09. The van der Waals surface area contributed by atoms with E-state index in [2.05, 4.69) is 10.6 Å². The van der Waals surface area contributed by atoms with Crippen molar-refractivity contribution < 1.29 is 22.7 Å². The number of methoxy groups -OCH3 is 1. The predicted octanol–water partition coefficient (Wildman–Crippen LogP) is 4.00. The molecule has 0 unspecified atom stereocenters. The zero-order chi connectivity index (χ0) is 22.8. The third-order valence-corrected chi connectivity index (χ3v) is 8.38. The maximum Gasteiger partial charge on any atom is 0.246 e. The highest BCUT2D eigenvalue weighted by molar-refractivity contribution is 7.93. The van der Waals surface area contributed by atoms with E-state index < -0.39 is 20.5 Å². The van der Waals surface area contributed by atoms with E-state index in [4.69, 9.17) is 4.74 Å². The summed E-state index contributed by atoms with van der Waals surface area (Å²) < 4.78 is 31.3. The van der Waals surface area contributed by atoms with Crippen LogP contribution in [0.25, 0.3) is 0 Å². The molecule has 31 heavy (non-hydrogen) atoms. The summed E-state index contributed by atoms with van der Waals surface area (Å²) in [6.07, 6.45) is 1.81. The lowest BCUT2D eigenvalue weighted by molar-refractivity contribution is -0.118. The van der Waals surface area contributed by atoms with Gasteiger partial charge in [0.15, 0.2) is 14.6 Å². The topological polar surface area (TPSA) is 102 Å². The summed E-state index contributed by atoms with van der Waals surface area (Å²) in [6.45, 7) is 4.96. The molecule has 1 aliphatic rings. The minimum absolute atomic E-state index is 0.198. The summed E-state index contributed by atoms with van der Waals surface area (Å²) in [5.74, 6) is -0.462. The second kappa shape index (κ2) is 8.70. The Labute approximate surface area is 183 Å². The van der Waals surface area contributed by atoms with Gasteiger partial charge < -0.3 is 15.4 Å². The van der Waals surface area contributed by atoms with E-state index in [1.165, 1.54) is 14.0 Å². The zero-order valence-electron chi connectivity index (χ0n) is 18.2. The number of benzene rings is 2. The Morgan fingerprint density at radius 2 is 1.68 bits per heavy atom. The molecule has 166 valence electrons. The first-order chi connectivity index (χ1) is 14.6. The smallest absolute Gasteiger partial charge is 0.246 e. The van der Waals surface area contributed by atoms with E-state index >= 15 is 0 Å². The molecule has 0 aliphatic heterocycles. The SMILES string of the molecule is COc1ccc(NC(C)=O)cc1NC(=O)C1(S(=O)(=O)c2cc(C)ccc2C)CCCC1. The normalized spacial score (nSPS) is 15.4. The second-order valence-corrected chi connectivity index (χ2v) is 10.3. The molecule has 0 radical (unpaired) electrons. The van der Waals surface area contributed by atoms with Crippen molar-refractivity contribution in [3.8, 4) is 5.75 Å². The van der Waals surface area contributed by atoms with Crippen LogP contribution in [0.2, 0.25) is 0 Å². The van der Waals surface area contributed by atoms with Crippen molar-refractivity contribution in [2.75, 3.05) is 17.7 Å². The van der Waals surface area contributed by atoms with Crippen LogP contribution in [-0.2, 0) is 19.4 Å². The minimum Gasteiger partial charge on any atom is -0.495 e. The van der Waals surface area contributed by atoms with Crippen molar-refractivity contribution >= 4 is 33.0 Å². The summed E-state index contributed by atoms with van der Waals surface area (Å²) in [6, 6.07) is 10.1. The summed E-state index contributed by atoms with van der Waals surface area (Å²) in [7, 11) is -2.48. The van der Waals surface area contributed by atoms with Gasteiger partial charge in [-0.3, -0.25) is 9.59 Å². The summed E-state index contributed by atoms with van der Waals surface area (Å²) in [5.41, 5.74) is 2.22. The fraction of sp³-hybridized carbons (Fsp3) is 0.391. The number of hydrogen-bond acceptors (Lipinski definition) is 5. The lowest BCUT2D eigenvalue weighted by Crippen LogP contribution is -2.47. The molecule has 1 aliphatic carbocycles. The Morgan fingerprint density at radius 1 is 1.00 bits per heavy atom. The minimum atomic E-state index is -3.94. The highest BCUT2D eigenvalue weighted by atomic mass is 32.2. The molecule has 1 fully saturated rings. The number of carbonyl (C=O) groups excluding carboxylic acids is 2. The molecule has 7 nitrogen and oxygen atoms in total. The molecule has 2 N–H and O–H groups in total. The largest absolute Gasteiger partial charge is 0.495 e. The van der Waals surface area contributed by atoms with E-state index in [0.29, 0.717) is 35.5 Å². The molecule has 3 rings (SSSR count). The van der Waals surface area contributed by atoms with Crippen LogP contribution in [0.3, 0.4) is 0 Å². The lowest BCUT2D eigenvalue weighted by Gasteiger charge is -2.29. The van der Waals surface area contributed by atoms with Gasteiger partial charge in [-0.1, -0.05) is 25.0 Å². The maximum absolute atomic E-state index is 13.8. The number of aryl methyl sites for hydroxylation is 2. The van der Waals surface area contributed by atoms with Crippen molar-refractivity contribution in [1.82, 2.24) is 0 Å². The van der Waals surface area contributed by atoms with Crippen LogP contribution >= 0.6 is 0 Å². The quantitative estimate of drug-likeness (QED) is 0.701. The average Bonchev–Trinajstić information content (AvgIpc) is 3.21. The summed E-state index contributed by atoms with van der Waals surface area (Å²) >= 11 is 0. The average molecular weight is 445 g/mol. The van der Waals surface area contributed by atoms with Gasteiger partial charge in [0.05, 0.1) is 17.7 Å². The number of amides is 2. The Morgan fingerprint density at radius 3 is 2.29 bits per heavy atom. The Balaban J connectivity index is 2.04. The molecule has 1 saturated carbocycles. The maximum atomic E-state index is 13.8. The van der Waals surface area contributed by atoms with E-state index in [0.717, 1.165) is 5.56 Å². The molecule has 0 spiro atoms. The number of ether oxygens (including phenoxy) is 1. The van der Waals surface area contributed by atoms with Gasteiger partial charge in [-0.2, -0.15) is 0 Å². The summed E-state index contributed by atoms with van der Waals surface area (Å²) in [5, 5.41) is 5.43. The first-order valence-corrected chi connectivity index (χ1v) is 11.7. The Hall–Kier alpha value is -2.87. The molecule has 0 aromatic heterocycles. The van der Waals surface area contributed by atoms with Gasteiger partial charge in [-0.25, -0.2) is 8.42 Å². The highest BCUT2D eigenvalue weighted by Crippen LogP contribution is 2.43. The lowest BCUT2D eigenvalue weighted by atomic mass is 10.1. The monoisotopic (exact) mass is 444 g/mol. The van der Waals surface area contributed by atoms with Crippen LogP contribution in [0.1, 0.15) is 43.7 Å². The van der Waals surface area contributed by atoms with E-state index in [-0.39, 0.29) is 23.6 Å². The number of nitrogens with one attached hydrogen (secondary N) is 2. The van der Waals surface area contributed by atoms with Gasteiger partial charge in [0.1, 0.15) is 5.75 Å². The highest BCUT2D eigenvalue weighted by Gasteiger charge is 2.53. The van der Waals surface area contributed by atoms with Crippen molar-refractivity contribution in [3.63, 3.8) is 0 Å². The predicted molar refractivity (Wildman–Crippen MR) is 120 cm³/mol. The molecule has 0 bridgehead atoms. The number of rotatable bonds is 6. The van der Waals surface area contributed by atoms with Crippen LogP contribution in [0, 0.1) is 13.8 Å². The van der Waals surface area contributed by atoms with E-state index in [1.54, 1.807) is 37.3 Å². The van der Waals surface area contributed by atoms with Gasteiger partial charge in [0.25, 0.3) is 0 Å². The molecular formula is C23H28N2O5S. The molecule has 2 aromatic rings. The summed E-state index contributed by atoms with van der Waals surface area (Å²) in [4.78, 5) is 25.1. The van der Waals surface area contributed by atoms with E-state index in [9.17, 15) is 18.0 Å². The van der Waals surface area contributed by atoms with Crippen molar-refractivity contribution in [2.24, 2.45) is 0 Å². The molecule has 8 heteroatoms. The third kappa shape index (κ3) is 4.30. The van der Waals surface area contributed by atoms with Crippen LogP contribution in [0.5, 0.6) is 5.75 Å². The van der Waals surface area contributed by atoms with Crippen LogP contribution in [0.4, 0.5) is 11.4 Å². The molecule has 2 amide bonds. The standard InChI is InChI=1S/C23H28N2O5S/c1-15-7-8-16(2)21(13-15)31(28,29)23(11-5-6-12-23)22(27)25-19-14-18(24-17(3)26)9-10-20(19)30-4/h7-10,13-14H,5-6,11-12H2,1-4H3,(H,24,26)(H,25,27). The van der Waals surface area contributed by atoms with Gasteiger partial charge in [0, 0.05) is 12.6 Å². The Kier molecular flexibility index (Phi) is 6.40. The van der Waals surface area contributed by atoms with Gasteiger partial charge in [0.2, 0.25) is 11.8 Å². The van der Waals surface area contributed by atoms with Crippen molar-refractivity contribution in [2.45, 2.75) is 56.1 Å². The number of hydrogen-bond donors (Lipinski definition) is 2. The van der Waals surface area contributed by atoms with Crippen LogP contribution < -0.4 is 15.4 Å². The fourth-order valence-corrected chi connectivity index (χ4v) is 6.47. The van der Waals surface area contributed by atoms with Gasteiger partial charge in [-0.05, 0) is 62.1 Å². The van der Waals surface area contributed by atoms with Crippen LogP contribution in [-0.4, -0.2) is 32.1 Å². The molecule has 0 atom stereocenters. The second-order valence-electron chi connectivity index (χ2n) is 8.02.